The summed E-state index contributed by atoms with van der Waals surface area (Å²) in [7, 11) is 0. The highest BCUT2D eigenvalue weighted by Crippen LogP contribution is 2.02. The molecule has 0 radical (unpaired) electrons. The zero-order chi connectivity index (χ0) is 12.3. The van der Waals surface area contributed by atoms with E-state index in [1.165, 1.54) is 11.1 Å². The number of hydrogen-bond acceptors (Lipinski definition) is 3. The maximum Gasteiger partial charge on any atom is 0.0478 e. The number of ether oxygens (including phenoxy) is 1. The van der Waals surface area contributed by atoms with Crippen molar-refractivity contribution in [2.75, 3.05) is 26.3 Å². The van der Waals surface area contributed by atoms with Gasteiger partial charge in [0.1, 0.15) is 0 Å². The smallest absolute Gasteiger partial charge is 0.0478 e. The van der Waals surface area contributed by atoms with Gasteiger partial charge in [0.2, 0.25) is 0 Å². The second-order valence-electron chi connectivity index (χ2n) is 4.27. The van der Waals surface area contributed by atoms with Crippen molar-refractivity contribution >= 4 is 0 Å². The second-order valence-corrected chi connectivity index (χ2v) is 4.27. The quantitative estimate of drug-likeness (QED) is 0.643. The molecule has 0 amide bonds. The normalized spacial score (nSPS) is 10.7. The van der Waals surface area contributed by atoms with E-state index in [4.69, 9.17) is 10.5 Å². The average Bonchev–Trinajstić information content (AvgIpc) is 2.35. The molecular weight excluding hydrogens is 212 g/mol. The SMILES string of the molecule is Cc1ccc(CNCCCOCCCN)cc1. The highest BCUT2D eigenvalue weighted by molar-refractivity contribution is 5.20. The molecule has 0 bridgehead atoms. The lowest BCUT2D eigenvalue weighted by atomic mass is 10.1. The molecule has 3 heteroatoms. The third-order valence-electron chi connectivity index (χ3n) is 2.58. The molecule has 0 aromatic heterocycles. The molecule has 0 saturated carbocycles. The summed E-state index contributed by atoms with van der Waals surface area (Å²) in [5, 5.41) is 3.41. The molecule has 3 nitrogen and oxygen atoms in total. The van der Waals surface area contributed by atoms with Crippen molar-refractivity contribution in [1.29, 1.82) is 0 Å². The van der Waals surface area contributed by atoms with E-state index >= 15 is 0 Å². The molecule has 0 aliphatic heterocycles. The molecule has 0 aliphatic carbocycles. The Morgan fingerprint density at radius 3 is 2.53 bits per heavy atom. The van der Waals surface area contributed by atoms with Crippen LogP contribution in [0.5, 0.6) is 0 Å². The van der Waals surface area contributed by atoms with Crippen molar-refractivity contribution in [2.45, 2.75) is 26.3 Å². The number of rotatable bonds is 9. The van der Waals surface area contributed by atoms with Gasteiger partial charge in [-0.2, -0.15) is 0 Å². The Morgan fingerprint density at radius 1 is 1.12 bits per heavy atom. The zero-order valence-electron chi connectivity index (χ0n) is 10.7. The van der Waals surface area contributed by atoms with Gasteiger partial charge in [0.15, 0.2) is 0 Å². The fraction of sp³-hybridized carbons (Fsp3) is 0.571. The lowest BCUT2D eigenvalue weighted by Crippen LogP contribution is -2.16. The van der Waals surface area contributed by atoms with Crippen LogP contribution in [0.25, 0.3) is 0 Å². The van der Waals surface area contributed by atoms with E-state index in [2.05, 4.69) is 36.5 Å². The van der Waals surface area contributed by atoms with Gasteiger partial charge in [0.25, 0.3) is 0 Å². The fourth-order valence-electron chi connectivity index (χ4n) is 1.53. The van der Waals surface area contributed by atoms with Crippen molar-refractivity contribution < 1.29 is 4.74 Å². The van der Waals surface area contributed by atoms with Gasteiger partial charge in [-0.25, -0.2) is 0 Å². The van der Waals surface area contributed by atoms with Crippen molar-refractivity contribution in [1.82, 2.24) is 5.32 Å². The Balaban J connectivity index is 1.95. The maximum atomic E-state index is 5.42. The summed E-state index contributed by atoms with van der Waals surface area (Å²) in [5.41, 5.74) is 8.01. The van der Waals surface area contributed by atoms with Crippen LogP contribution in [0.15, 0.2) is 24.3 Å². The Bertz CT molecular complexity index is 285. The zero-order valence-corrected chi connectivity index (χ0v) is 10.7. The standard InChI is InChI=1S/C14H24N2O/c1-13-4-6-14(7-5-13)12-16-9-3-11-17-10-2-8-15/h4-7,16H,2-3,8-12,15H2,1H3. The van der Waals surface area contributed by atoms with Gasteiger partial charge in [-0.15, -0.1) is 0 Å². The highest BCUT2D eigenvalue weighted by atomic mass is 16.5. The molecule has 3 N–H and O–H groups in total. The summed E-state index contributed by atoms with van der Waals surface area (Å²) in [4.78, 5) is 0. The number of hydrogen-bond donors (Lipinski definition) is 2. The second kappa shape index (κ2) is 9.16. The number of benzene rings is 1. The van der Waals surface area contributed by atoms with E-state index in [1.807, 2.05) is 0 Å². The molecule has 0 fully saturated rings. The first-order chi connectivity index (χ1) is 8.33. The van der Waals surface area contributed by atoms with Gasteiger partial charge in [0.05, 0.1) is 0 Å². The van der Waals surface area contributed by atoms with E-state index in [9.17, 15) is 0 Å². The minimum atomic E-state index is 0.714. The first-order valence-electron chi connectivity index (χ1n) is 6.37. The molecule has 96 valence electrons. The van der Waals surface area contributed by atoms with Crippen LogP contribution in [0, 0.1) is 6.92 Å². The Morgan fingerprint density at radius 2 is 1.82 bits per heavy atom. The van der Waals surface area contributed by atoms with Crippen LogP contribution in [0.1, 0.15) is 24.0 Å². The van der Waals surface area contributed by atoms with Crippen molar-refractivity contribution in [3.8, 4) is 0 Å². The van der Waals surface area contributed by atoms with Crippen LogP contribution in [-0.2, 0) is 11.3 Å². The number of nitrogens with two attached hydrogens (primary N) is 1. The summed E-state index contributed by atoms with van der Waals surface area (Å²) < 4.78 is 5.42. The van der Waals surface area contributed by atoms with Crippen molar-refractivity contribution in [3.05, 3.63) is 35.4 Å². The maximum absolute atomic E-state index is 5.42. The summed E-state index contributed by atoms with van der Waals surface area (Å²) in [6.07, 6.45) is 2.01. The Kier molecular flexibility index (Phi) is 7.63. The van der Waals surface area contributed by atoms with Crippen LogP contribution >= 0.6 is 0 Å². The van der Waals surface area contributed by atoms with Gasteiger partial charge in [-0.1, -0.05) is 29.8 Å². The predicted octanol–water partition coefficient (Wildman–Crippen LogP) is 1.84. The van der Waals surface area contributed by atoms with Gasteiger partial charge >= 0.3 is 0 Å². The van der Waals surface area contributed by atoms with Gasteiger partial charge in [-0.3, -0.25) is 0 Å². The minimum Gasteiger partial charge on any atom is -0.381 e. The number of nitrogens with one attached hydrogen (secondary N) is 1. The summed E-state index contributed by atoms with van der Waals surface area (Å²) >= 11 is 0. The first kappa shape index (κ1) is 14.2. The summed E-state index contributed by atoms with van der Waals surface area (Å²) in [5.74, 6) is 0. The van der Waals surface area contributed by atoms with Crippen LogP contribution in [0.3, 0.4) is 0 Å². The van der Waals surface area contributed by atoms with E-state index in [1.54, 1.807) is 0 Å². The van der Waals surface area contributed by atoms with Crippen LogP contribution in [0.2, 0.25) is 0 Å². The molecule has 0 saturated heterocycles. The molecule has 1 aromatic rings. The summed E-state index contributed by atoms with van der Waals surface area (Å²) in [6.45, 7) is 6.36. The minimum absolute atomic E-state index is 0.714. The predicted molar refractivity (Wildman–Crippen MR) is 72.0 cm³/mol. The highest BCUT2D eigenvalue weighted by Gasteiger charge is 1.93. The molecule has 0 unspecified atom stereocenters. The topological polar surface area (TPSA) is 47.3 Å². The molecule has 0 aliphatic rings. The van der Waals surface area contributed by atoms with E-state index in [0.717, 1.165) is 39.1 Å². The molecule has 0 heterocycles. The average molecular weight is 236 g/mol. The lowest BCUT2D eigenvalue weighted by molar-refractivity contribution is 0.130. The third-order valence-corrected chi connectivity index (χ3v) is 2.58. The number of aryl methyl sites for hydroxylation is 1. The van der Waals surface area contributed by atoms with Gasteiger partial charge < -0.3 is 15.8 Å². The van der Waals surface area contributed by atoms with E-state index in [-0.39, 0.29) is 0 Å². The van der Waals surface area contributed by atoms with Crippen LogP contribution < -0.4 is 11.1 Å². The van der Waals surface area contributed by atoms with Crippen molar-refractivity contribution in [3.63, 3.8) is 0 Å². The molecule has 1 aromatic carbocycles. The third kappa shape index (κ3) is 7.10. The molecule has 0 atom stereocenters. The monoisotopic (exact) mass is 236 g/mol. The van der Waals surface area contributed by atoms with Crippen molar-refractivity contribution in [2.24, 2.45) is 5.73 Å². The van der Waals surface area contributed by atoms with Gasteiger partial charge in [0, 0.05) is 19.8 Å². The fourth-order valence-corrected chi connectivity index (χ4v) is 1.53. The molecule has 17 heavy (non-hydrogen) atoms. The largest absolute Gasteiger partial charge is 0.381 e. The van der Waals surface area contributed by atoms with Crippen LogP contribution in [0.4, 0.5) is 0 Å². The van der Waals surface area contributed by atoms with E-state index < -0.39 is 0 Å². The van der Waals surface area contributed by atoms with Crippen LogP contribution in [-0.4, -0.2) is 26.3 Å². The van der Waals surface area contributed by atoms with Gasteiger partial charge in [-0.05, 0) is 38.4 Å². The molecule has 1 rings (SSSR count). The molecular formula is C14H24N2O. The summed E-state index contributed by atoms with van der Waals surface area (Å²) in [6, 6.07) is 8.63. The Labute approximate surface area is 104 Å². The first-order valence-corrected chi connectivity index (χ1v) is 6.37. The molecule has 0 spiro atoms. The van der Waals surface area contributed by atoms with E-state index in [0.29, 0.717) is 6.54 Å². The lowest BCUT2D eigenvalue weighted by Gasteiger charge is -2.06. The Hall–Kier alpha value is -0.900.